The number of benzene rings is 1. The fraction of sp³-hybridized carbons (Fsp3) is 0.200. The number of rotatable bonds is 3. The zero-order valence-electron chi connectivity index (χ0n) is 11.2. The minimum Gasteiger partial charge on any atom is -0.207 e. The molecule has 0 atom stereocenters. The molecule has 0 radical (unpaired) electrons. The highest BCUT2D eigenvalue weighted by Gasteiger charge is 2.28. The van der Waals surface area contributed by atoms with Gasteiger partial charge in [0, 0.05) is 18.0 Å². The Balaban J connectivity index is 1.85. The van der Waals surface area contributed by atoms with Gasteiger partial charge in [-0.3, -0.25) is 0 Å². The molecule has 0 spiro atoms. The van der Waals surface area contributed by atoms with E-state index in [9.17, 15) is 8.42 Å². The Morgan fingerprint density at radius 2 is 1.95 bits per heavy atom. The van der Waals surface area contributed by atoms with E-state index >= 15 is 0 Å². The monoisotopic (exact) mass is 339 g/mol. The van der Waals surface area contributed by atoms with Crippen LogP contribution in [0.2, 0.25) is 5.02 Å². The summed E-state index contributed by atoms with van der Waals surface area (Å²) in [4.78, 5) is 1.39. The Bertz CT molecular complexity index is 767. The second-order valence-electron chi connectivity index (χ2n) is 4.75. The number of halogens is 1. The summed E-state index contributed by atoms with van der Waals surface area (Å²) >= 11 is 7.70. The molecule has 1 aromatic carbocycles. The Morgan fingerprint density at radius 1 is 1.14 bits per heavy atom. The predicted molar refractivity (Wildman–Crippen MR) is 87.1 cm³/mol. The first-order chi connectivity index (χ1) is 10.1. The van der Waals surface area contributed by atoms with E-state index in [2.05, 4.69) is 6.07 Å². The summed E-state index contributed by atoms with van der Waals surface area (Å²) in [6.45, 7) is 0.873. The first-order valence-electron chi connectivity index (χ1n) is 6.56. The molecule has 0 saturated heterocycles. The summed E-state index contributed by atoms with van der Waals surface area (Å²) in [6.07, 6.45) is 2.72. The van der Waals surface area contributed by atoms with Crippen LogP contribution in [0.15, 0.2) is 52.7 Å². The van der Waals surface area contributed by atoms with E-state index in [0.717, 1.165) is 6.42 Å². The van der Waals surface area contributed by atoms with Crippen molar-refractivity contribution in [2.45, 2.75) is 11.3 Å². The molecule has 1 aliphatic rings. The van der Waals surface area contributed by atoms with Gasteiger partial charge in [-0.1, -0.05) is 35.9 Å². The number of sulfonamides is 1. The highest BCUT2D eigenvalue weighted by molar-refractivity contribution is 7.89. The van der Waals surface area contributed by atoms with Gasteiger partial charge in [0.1, 0.15) is 4.90 Å². The third kappa shape index (κ3) is 2.92. The molecular formula is C15H14ClNO2S2. The molecule has 0 unspecified atom stereocenters. The first-order valence-corrected chi connectivity index (χ1v) is 9.26. The topological polar surface area (TPSA) is 37.4 Å². The van der Waals surface area contributed by atoms with Crippen molar-refractivity contribution in [1.82, 2.24) is 4.31 Å². The van der Waals surface area contributed by atoms with Crippen molar-refractivity contribution >= 4 is 38.5 Å². The Hall–Kier alpha value is -1.14. The summed E-state index contributed by atoms with van der Waals surface area (Å²) < 4.78 is 26.7. The second kappa shape index (κ2) is 5.93. The normalized spacial score (nSPS) is 16.7. The molecule has 3 rings (SSSR count). The second-order valence-corrected chi connectivity index (χ2v) is 8.01. The minimum absolute atomic E-state index is 0.180. The average Bonchev–Trinajstić information content (AvgIpc) is 3.02. The predicted octanol–water partition coefficient (Wildman–Crippen LogP) is 3.88. The largest absolute Gasteiger partial charge is 0.244 e. The average molecular weight is 340 g/mol. The maximum absolute atomic E-state index is 12.6. The molecule has 1 aromatic heterocycles. The van der Waals surface area contributed by atoms with E-state index in [1.807, 2.05) is 17.5 Å². The van der Waals surface area contributed by atoms with Crippen LogP contribution >= 0.6 is 22.9 Å². The third-order valence-corrected chi connectivity index (χ3v) is 6.77. The van der Waals surface area contributed by atoms with Gasteiger partial charge in [-0.05, 0) is 35.6 Å². The van der Waals surface area contributed by atoms with Gasteiger partial charge < -0.3 is 0 Å². The van der Waals surface area contributed by atoms with Gasteiger partial charge in [0.25, 0.3) is 0 Å². The molecule has 0 amide bonds. The number of nitrogens with zero attached hydrogens (tertiary/aromatic N) is 1. The molecule has 110 valence electrons. The lowest BCUT2D eigenvalue weighted by atomic mass is 10.1. The van der Waals surface area contributed by atoms with Gasteiger partial charge >= 0.3 is 0 Å². The van der Waals surface area contributed by atoms with E-state index in [-0.39, 0.29) is 9.92 Å². The van der Waals surface area contributed by atoms with Crippen LogP contribution < -0.4 is 0 Å². The fourth-order valence-corrected chi connectivity index (χ4v) is 5.02. The van der Waals surface area contributed by atoms with Crippen LogP contribution in [0, 0.1) is 0 Å². The van der Waals surface area contributed by atoms with Gasteiger partial charge in [0.15, 0.2) is 0 Å². The van der Waals surface area contributed by atoms with E-state index in [4.69, 9.17) is 11.6 Å². The third-order valence-electron chi connectivity index (χ3n) is 3.46. The standard InChI is InChI=1S/C15H14ClNO2S2/c16-13-4-1-2-6-15(13)21(18,19)17-9-7-12(8-10-17)14-5-3-11-20-14/h1-7,11H,8-10H2. The molecule has 21 heavy (non-hydrogen) atoms. The van der Waals surface area contributed by atoms with Crippen molar-refractivity contribution in [1.29, 1.82) is 0 Å². The SMILES string of the molecule is O=S(=O)(c1ccccc1Cl)N1CC=C(c2cccs2)CC1. The number of hydrogen-bond donors (Lipinski definition) is 0. The molecule has 0 N–H and O–H groups in total. The first kappa shape index (κ1) is 14.8. The minimum atomic E-state index is -3.52. The summed E-state index contributed by atoms with van der Waals surface area (Å²) in [5.41, 5.74) is 1.22. The molecule has 3 nitrogen and oxygen atoms in total. The number of hydrogen-bond acceptors (Lipinski definition) is 3. The summed E-state index contributed by atoms with van der Waals surface area (Å²) in [7, 11) is -3.52. The van der Waals surface area contributed by atoms with Gasteiger partial charge in [0.05, 0.1) is 5.02 Å². The van der Waals surface area contributed by atoms with Crippen LogP contribution in [0.5, 0.6) is 0 Å². The van der Waals surface area contributed by atoms with Crippen molar-refractivity contribution in [3.05, 3.63) is 57.8 Å². The van der Waals surface area contributed by atoms with Gasteiger partial charge in [-0.15, -0.1) is 11.3 Å². The van der Waals surface area contributed by atoms with Crippen LogP contribution in [0.25, 0.3) is 5.57 Å². The van der Waals surface area contributed by atoms with Crippen LogP contribution in [0.1, 0.15) is 11.3 Å². The Morgan fingerprint density at radius 3 is 2.57 bits per heavy atom. The van der Waals surface area contributed by atoms with Crippen LogP contribution in [0.4, 0.5) is 0 Å². The lowest BCUT2D eigenvalue weighted by Gasteiger charge is -2.25. The Labute approximate surface area is 133 Å². The van der Waals surface area contributed by atoms with Gasteiger partial charge in [-0.25, -0.2) is 8.42 Å². The number of thiophene rings is 1. The molecule has 0 saturated carbocycles. The summed E-state index contributed by atoms with van der Waals surface area (Å²) in [5.74, 6) is 0. The lowest BCUT2D eigenvalue weighted by molar-refractivity contribution is 0.441. The van der Waals surface area contributed by atoms with Crippen molar-refractivity contribution in [2.75, 3.05) is 13.1 Å². The molecule has 0 aliphatic carbocycles. The van der Waals surface area contributed by atoms with E-state index < -0.39 is 10.0 Å². The molecule has 6 heteroatoms. The van der Waals surface area contributed by atoms with E-state index in [1.54, 1.807) is 35.6 Å². The van der Waals surface area contributed by atoms with E-state index in [1.165, 1.54) is 14.8 Å². The fourth-order valence-electron chi connectivity index (χ4n) is 2.35. The molecule has 0 bridgehead atoms. The van der Waals surface area contributed by atoms with Crippen molar-refractivity contribution < 1.29 is 8.42 Å². The maximum atomic E-state index is 12.6. The molecule has 2 aromatic rings. The summed E-state index contributed by atoms with van der Waals surface area (Å²) in [5, 5.41) is 2.30. The zero-order chi connectivity index (χ0) is 14.9. The lowest BCUT2D eigenvalue weighted by Crippen LogP contribution is -2.34. The van der Waals surface area contributed by atoms with Crippen LogP contribution in [0.3, 0.4) is 0 Å². The van der Waals surface area contributed by atoms with Crippen LogP contribution in [-0.4, -0.2) is 25.8 Å². The Kier molecular flexibility index (Phi) is 4.17. The van der Waals surface area contributed by atoms with Crippen molar-refractivity contribution in [2.24, 2.45) is 0 Å². The van der Waals surface area contributed by atoms with E-state index in [0.29, 0.717) is 13.1 Å². The highest BCUT2D eigenvalue weighted by atomic mass is 35.5. The summed E-state index contributed by atoms with van der Waals surface area (Å²) in [6, 6.07) is 10.6. The maximum Gasteiger partial charge on any atom is 0.244 e. The quantitative estimate of drug-likeness (QED) is 0.851. The highest BCUT2D eigenvalue weighted by Crippen LogP contribution is 2.30. The zero-order valence-corrected chi connectivity index (χ0v) is 13.6. The van der Waals surface area contributed by atoms with Gasteiger partial charge in [-0.2, -0.15) is 4.31 Å². The smallest absolute Gasteiger partial charge is 0.207 e. The molecule has 2 heterocycles. The molecule has 0 fully saturated rings. The molecular weight excluding hydrogens is 326 g/mol. The molecule has 1 aliphatic heterocycles. The van der Waals surface area contributed by atoms with Crippen molar-refractivity contribution in [3.63, 3.8) is 0 Å². The van der Waals surface area contributed by atoms with Crippen molar-refractivity contribution in [3.8, 4) is 0 Å². The van der Waals surface area contributed by atoms with Gasteiger partial charge in [0.2, 0.25) is 10.0 Å². The van der Waals surface area contributed by atoms with Crippen LogP contribution in [-0.2, 0) is 10.0 Å².